The summed E-state index contributed by atoms with van der Waals surface area (Å²) in [7, 11) is 0. The van der Waals surface area contributed by atoms with Crippen LogP contribution < -0.4 is 21.9 Å². The number of hydrogen-bond acceptors (Lipinski definition) is 6. The molecule has 0 aromatic heterocycles. The molecular formula is C6H28AlBeN5O3-. The Morgan fingerprint density at radius 3 is 1.12 bits per heavy atom. The summed E-state index contributed by atoms with van der Waals surface area (Å²) in [5.74, 6) is 1.99. The molecule has 0 aromatic rings. The number of aliphatic hydroxyl groups is 1. The van der Waals surface area contributed by atoms with Crippen LogP contribution in [0.15, 0.2) is 0 Å². The molecule has 10 heteroatoms. The first-order valence-corrected chi connectivity index (χ1v) is 5.14. The van der Waals surface area contributed by atoms with Gasteiger partial charge in [0.2, 0.25) is 0 Å². The van der Waals surface area contributed by atoms with E-state index < -0.39 is 6.23 Å². The summed E-state index contributed by atoms with van der Waals surface area (Å²) >= 11 is 0.250. The second-order valence-corrected chi connectivity index (χ2v) is 2.60. The molecule has 0 spiro atoms. The van der Waals surface area contributed by atoms with E-state index in [9.17, 15) is 0 Å². The van der Waals surface area contributed by atoms with Crippen molar-refractivity contribution in [3.8, 4) is 0 Å². The van der Waals surface area contributed by atoms with Gasteiger partial charge in [-0.15, -0.1) is 0 Å². The van der Waals surface area contributed by atoms with Crippen molar-refractivity contribution >= 4 is 25.6 Å². The molecule has 0 aliphatic rings. The van der Waals surface area contributed by atoms with Gasteiger partial charge in [0.15, 0.2) is 0 Å². The van der Waals surface area contributed by atoms with Crippen LogP contribution in [0.25, 0.3) is 6.15 Å². The van der Waals surface area contributed by atoms with Crippen LogP contribution in [0.1, 0.15) is 13.8 Å². The van der Waals surface area contributed by atoms with Gasteiger partial charge < -0.3 is 51.6 Å². The van der Waals surface area contributed by atoms with Crippen molar-refractivity contribution in [2.24, 2.45) is 21.9 Å². The van der Waals surface area contributed by atoms with Crippen molar-refractivity contribution in [2.45, 2.75) is 32.0 Å². The molecule has 14 N–H and O–H groups in total. The van der Waals surface area contributed by atoms with Gasteiger partial charge in [0, 0.05) is 6.17 Å². The maximum atomic E-state index is 7.83. The Hall–Kier alpha value is 0.381. The van der Waals surface area contributed by atoms with Crippen molar-refractivity contribution in [3.63, 3.8) is 0 Å². The summed E-state index contributed by atoms with van der Waals surface area (Å²) in [5, 5.41) is 7.83. The Balaban J connectivity index is -0.00000000872. The first-order chi connectivity index (χ1) is 4.88. The third kappa shape index (κ3) is 17700. The monoisotopic (exact) mass is 254 g/mol. The standard InChI is InChI=1S/C2H8N2.C2H7NO.2CH3.Al.Be.2H2N.2H2O/c2*1-2(3)4;;;;;;;;/h2H,3-4H2,1H3;2,4H,3H2,1H3;2*1H3;;;4*1H2/q;;;-1;+1;+2;2*-1;;/p-1. The number of rotatable bonds is 0. The quantitative estimate of drug-likeness (QED) is 0.185. The molecular weight excluding hydrogens is 226 g/mol. The third-order valence-electron chi connectivity index (χ3n) is 0. The van der Waals surface area contributed by atoms with E-state index in [-0.39, 0.29) is 56.3 Å². The molecule has 0 aliphatic carbocycles. The normalized spacial score (nSPS) is 7.06. The van der Waals surface area contributed by atoms with Gasteiger partial charge >= 0.3 is 25.6 Å². The van der Waals surface area contributed by atoms with Crippen molar-refractivity contribution < 1.29 is 16.1 Å². The van der Waals surface area contributed by atoms with Crippen molar-refractivity contribution in [3.05, 3.63) is 13.6 Å². The van der Waals surface area contributed by atoms with Crippen LogP contribution in [0.5, 0.6) is 0 Å². The van der Waals surface area contributed by atoms with E-state index >= 15 is 0 Å². The van der Waals surface area contributed by atoms with Crippen LogP contribution in [0, 0.1) is 7.43 Å². The predicted molar refractivity (Wildman–Crippen MR) is 72.5 cm³/mol. The van der Waals surface area contributed by atoms with E-state index in [0.717, 1.165) is 0 Å². The first-order valence-electron chi connectivity index (χ1n) is 3.32. The minimum atomic E-state index is -0.667. The van der Waals surface area contributed by atoms with Gasteiger partial charge in [-0.2, -0.15) is 0 Å². The SMILES string of the molecule is CC(N)N.CC(N)O.O.[Be+2].[CH3-].[CH3][Al][NH2].[NH2-].[OH-]. The van der Waals surface area contributed by atoms with Crippen molar-refractivity contribution in [1.29, 1.82) is 0 Å². The molecule has 0 amide bonds. The fourth-order valence-electron chi connectivity index (χ4n) is 0. The molecule has 1 atom stereocenters. The molecule has 16 heavy (non-hydrogen) atoms. The van der Waals surface area contributed by atoms with Crippen LogP contribution >= 0.6 is 0 Å². The zero-order chi connectivity index (χ0) is 9.86. The third-order valence-corrected chi connectivity index (χ3v) is 0. The molecule has 0 aromatic carbocycles. The average Bonchev–Trinajstić information content (AvgIpc) is 1.60. The fourth-order valence-corrected chi connectivity index (χ4v) is 0. The Kier molecular flexibility index (Phi) is 201. The van der Waals surface area contributed by atoms with Crippen molar-refractivity contribution in [1.82, 2.24) is 0 Å². The van der Waals surface area contributed by atoms with Gasteiger partial charge in [-0.05, 0) is 13.8 Å². The summed E-state index contributed by atoms with van der Waals surface area (Å²) in [6.45, 7) is 3.22. The van der Waals surface area contributed by atoms with E-state index in [1.165, 1.54) is 6.92 Å². The summed E-state index contributed by atoms with van der Waals surface area (Å²) in [6.07, 6.45) is -0.833. The molecule has 1 radical (unpaired) electrons. The van der Waals surface area contributed by atoms with E-state index in [1.807, 2.05) is 5.79 Å². The van der Waals surface area contributed by atoms with Crippen molar-refractivity contribution in [2.75, 3.05) is 0 Å². The fraction of sp³-hybridized carbons (Fsp3) is 0.833. The smallest absolute Gasteiger partial charge is 0.870 e. The average molecular weight is 254 g/mol. The summed E-state index contributed by atoms with van der Waals surface area (Å²) in [4.78, 5) is 0. The van der Waals surface area contributed by atoms with Crippen LogP contribution in [-0.2, 0) is 0 Å². The largest absolute Gasteiger partial charge is 2.00 e. The van der Waals surface area contributed by atoms with Gasteiger partial charge in [0.25, 0.3) is 0 Å². The molecule has 0 fully saturated rings. The molecule has 0 bridgehead atoms. The predicted octanol–water partition coefficient (Wildman–Crippen LogP) is -2.07. The molecule has 101 valence electrons. The molecule has 0 saturated carbocycles. The Bertz CT molecular complexity index is 55.9. The minimum absolute atomic E-state index is 0. The minimum Gasteiger partial charge on any atom is -0.870 e. The van der Waals surface area contributed by atoms with E-state index in [2.05, 4.69) is 5.73 Å². The van der Waals surface area contributed by atoms with Gasteiger partial charge in [-0.3, -0.25) is 0 Å². The molecule has 8 nitrogen and oxygen atoms in total. The van der Waals surface area contributed by atoms with E-state index in [1.54, 1.807) is 6.92 Å². The maximum Gasteiger partial charge on any atom is 2.00 e. The summed E-state index contributed by atoms with van der Waals surface area (Å²) in [6, 6.07) is 0. The molecule has 0 saturated heterocycles. The summed E-state index contributed by atoms with van der Waals surface area (Å²) in [5.41, 5.74) is 14.4. The number of aliphatic hydroxyl groups excluding tert-OH is 1. The zero-order valence-electron chi connectivity index (χ0n) is 10.7. The molecule has 1 unspecified atom stereocenters. The Morgan fingerprint density at radius 2 is 1.12 bits per heavy atom. The van der Waals surface area contributed by atoms with Crippen LogP contribution in [0.2, 0.25) is 5.79 Å². The van der Waals surface area contributed by atoms with Gasteiger partial charge in [-0.25, -0.2) is 0 Å². The number of nitrogens with two attached hydrogens (primary N) is 5. The molecule has 0 heterocycles. The second-order valence-electron chi connectivity index (χ2n) is 1.93. The van der Waals surface area contributed by atoms with Crippen LogP contribution in [0.3, 0.4) is 0 Å². The molecule has 0 rings (SSSR count). The van der Waals surface area contributed by atoms with E-state index in [0.29, 0.717) is 0 Å². The Morgan fingerprint density at radius 1 is 1.12 bits per heavy atom. The number of hydrogen-bond donors (Lipinski definition) is 5. The van der Waals surface area contributed by atoms with Crippen LogP contribution in [-0.4, -0.2) is 54.0 Å². The van der Waals surface area contributed by atoms with E-state index in [4.69, 9.17) is 21.3 Å². The molecule has 0 aliphatic heterocycles. The topological polar surface area (TPSA) is 219 Å². The maximum absolute atomic E-state index is 7.83. The Labute approximate surface area is 109 Å². The second kappa shape index (κ2) is 58.4. The van der Waals surface area contributed by atoms with Gasteiger partial charge in [-0.1, -0.05) is 5.79 Å². The van der Waals surface area contributed by atoms with Crippen LogP contribution in [0.4, 0.5) is 0 Å². The van der Waals surface area contributed by atoms with Gasteiger partial charge in [0.1, 0.15) is 0 Å². The summed E-state index contributed by atoms with van der Waals surface area (Å²) < 4.78 is 4.93. The van der Waals surface area contributed by atoms with Gasteiger partial charge in [0.05, 0.1) is 6.23 Å². The first kappa shape index (κ1) is 55.2. The zero-order valence-corrected chi connectivity index (χ0v) is 11.9.